The average molecular weight is 333 g/mol. The summed E-state index contributed by atoms with van der Waals surface area (Å²) in [4.78, 5) is 29.2. The molecule has 0 spiro atoms. The van der Waals surface area contributed by atoms with E-state index in [4.69, 9.17) is 0 Å². The molecule has 0 radical (unpaired) electrons. The predicted octanol–water partition coefficient (Wildman–Crippen LogP) is 1.91. The van der Waals surface area contributed by atoms with Crippen molar-refractivity contribution in [2.24, 2.45) is 0 Å². The highest BCUT2D eigenvalue weighted by atomic mass is 32.1. The molecule has 2 aliphatic rings. The van der Waals surface area contributed by atoms with Gasteiger partial charge in [0.1, 0.15) is 11.4 Å². The molecule has 1 atom stereocenters. The summed E-state index contributed by atoms with van der Waals surface area (Å²) < 4.78 is 37.1. The van der Waals surface area contributed by atoms with Crippen LogP contribution in [0, 0.1) is 0 Å². The van der Waals surface area contributed by atoms with E-state index in [1.807, 2.05) is 0 Å². The van der Waals surface area contributed by atoms with Gasteiger partial charge < -0.3 is 10.2 Å². The molecule has 1 aliphatic carbocycles. The van der Waals surface area contributed by atoms with E-state index in [1.165, 1.54) is 11.3 Å². The third-order valence-corrected chi connectivity index (χ3v) is 4.53. The molecule has 2 heterocycles. The van der Waals surface area contributed by atoms with Crippen molar-refractivity contribution in [3.05, 3.63) is 16.1 Å². The molecule has 22 heavy (non-hydrogen) atoms. The van der Waals surface area contributed by atoms with Crippen LogP contribution < -0.4 is 5.32 Å². The smallest absolute Gasteiger partial charge is 0.346 e. The quantitative estimate of drug-likeness (QED) is 0.916. The molecule has 9 heteroatoms. The lowest BCUT2D eigenvalue weighted by atomic mass is 10.2. The van der Waals surface area contributed by atoms with Crippen LogP contribution in [0.2, 0.25) is 0 Å². The van der Waals surface area contributed by atoms with Crippen LogP contribution in [0.25, 0.3) is 0 Å². The van der Waals surface area contributed by atoms with E-state index in [9.17, 15) is 22.8 Å². The van der Waals surface area contributed by atoms with E-state index in [0.29, 0.717) is 10.8 Å². The zero-order chi connectivity index (χ0) is 15.9. The molecule has 1 saturated carbocycles. The number of nitrogens with zero attached hydrogens (tertiary/aromatic N) is 2. The van der Waals surface area contributed by atoms with E-state index in [2.05, 4.69) is 10.3 Å². The van der Waals surface area contributed by atoms with Crippen LogP contribution in [0.4, 0.5) is 13.2 Å². The first-order valence-electron chi connectivity index (χ1n) is 6.92. The Morgan fingerprint density at radius 3 is 2.82 bits per heavy atom. The van der Waals surface area contributed by atoms with Gasteiger partial charge in [0, 0.05) is 18.9 Å². The third-order valence-electron chi connectivity index (χ3n) is 3.69. The first-order chi connectivity index (χ1) is 10.3. The van der Waals surface area contributed by atoms with Crippen LogP contribution in [0.1, 0.15) is 40.5 Å². The van der Waals surface area contributed by atoms with Crippen LogP contribution >= 0.6 is 11.3 Å². The largest absolute Gasteiger partial charge is 0.406 e. The van der Waals surface area contributed by atoms with E-state index in [-0.39, 0.29) is 18.9 Å². The Bertz CT molecular complexity index is 598. The Kier molecular flexibility index (Phi) is 3.84. The van der Waals surface area contributed by atoms with Crippen molar-refractivity contribution < 1.29 is 22.8 Å². The molecule has 2 amide bonds. The van der Waals surface area contributed by atoms with Gasteiger partial charge in [0.05, 0.1) is 17.2 Å². The first-order valence-corrected chi connectivity index (χ1v) is 7.80. The van der Waals surface area contributed by atoms with Crippen molar-refractivity contribution in [1.29, 1.82) is 0 Å². The minimum absolute atomic E-state index is 0.0978. The molecule has 0 unspecified atom stereocenters. The highest BCUT2D eigenvalue weighted by molar-refractivity contribution is 7.11. The zero-order valence-electron chi connectivity index (χ0n) is 11.5. The molecule has 3 rings (SSSR count). The van der Waals surface area contributed by atoms with Crippen LogP contribution in [0.5, 0.6) is 0 Å². The number of carbonyl (C=O) groups excluding carboxylic acids is 2. The molecule has 0 bridgehead atoms. The fraction of sp³-hybridized carbons (Fsp3) is 0.615. The highest BCUT2D eigenvalue weighted by Gasteiger charge is 2.39. The third kappa shape index (κ3) is 3.40. The average Bonchev–Trinajstić information content (AvgIpc) is 3.03. The fourth-order valence-electron chi connectivity index (χ4n) is 2.56. The topological polar surface area (TPSA) is 62.3 Å². The number of nitrogens with one attached hydrogen (secondary N) is 1. The van der Waals surface area contributed by atoms with Crippen molar-refractivity contribution in [3.63, 3.8) is 0 Å². The van der Waals surface area contributed by atoms with Crippen molar-refractivity contribution in [2.75, 3.05) is 13.1 Å². The second-order valence-corrected chi connectivity index (χ2v) is 6.46. The number of thiazole rings is 1. The number of rotatable bonds is 4. The van der Waals surface area contributed by atoms with Gasteiger partial charge in [-0.1, -0.05) is 0 Å². The van der Waals surface area contributed by atoms with Gasteiger partial charge in [-0.25, -0.2) is 4.98 Å². The Hall–Kier alpha value is -1.64. The number of carbonyl (C=O) groups is 2. The number of likely N-dealkylation sites (tertiary alicyclic amines) is 1. The fourth-order valence-corrected chi connectivity index (χ4v) is 3.34. The van der Waals surface area contributed by atoms with Crippen LogP contribution in [0.15, 0.2) is 5.51 Å². The lowest BCUT2D eigenvalue weighted by Crippen LogP contribution is -2.39. The maximum absolute atomic E-state index is 12.4. The summed E-state index contributed by atoms with van der Waals surface area (Å²) in [6, 6.07) is -0.587. The molecule has 1 aromatic rings. The molecule has 1 aliphatic heterocycles. The molecular weight excluding hydrogens is 319 g/mol. The molecule has 1 saturated heterocycles. The van der Waals surface area contributed by atoms with Crippen molar-refractivity contribution >= 4 is 23.2 Å². The first kappa shape index (κ1) is 15.3. The Labute approximate surface area is 128 Å². The SMILES string of the molecule is O=C(N[C@H]1CC(=O)N(CC(F)(F)F)C1)c1scnc1C1CC1. The molecule has 2 fully saturated rings. The van der Waals surface area contributed by atoms with Crippen LogP contribution in [0.3, 0.4) is 0 Å². The predicted molar refractivity (Wildman–Crippen MR) is 72.6 cm³/mol. The standard InChI is InChI=1S/C13H14F3N3O2S/c14-13(15,16)5-19-4-8(3-9(19)20)18-12(21)11-10(7-1-2-7)17-6-22-11/h6-8H,1-5H2,(H,18,21)/t8-/m0/s1. The molecule has 1 N–H and O–H groups in total. The summed E-state index contributed by atoms with van der Waals surface area (Å²) in [5, 5.41) is 2.65. The second kappa shape index (κ2) is 5.53. The van der Waals surface area contributed by atoms with Crippen molar-refractivity contribution in [3.8, 4) is 0 Å². The van der Waals surface area contributed by atoms with E-state index >= 15 is 0 Å². The van der Waals surface area contributed by atoms with E-state index in [1.54, 1.807) is 5.51 Å². The van der Waals surface area contributed by atoms with Gasteiger partial charge in [-0.3, -0.25) is 9.59 Å². The Morgan fingerprint density at radius 2 is 2.18 bits per heavy atom. The monoisotopic (exact) mass is 333 g/mol. The molecule has 1 aromatic heterocycles. The second-order valence-electron chi connectivity index (χ2n) is 5.60. The van der Waals surface area contributed by atoms with E-state index < -0.39 is 24.7 Å². The lowest BCUT2D eigenvalue weighted by molar-refractivity contribution is -0.157. The zero-order valence-corrected chi connectivity index (χ0v) is 12.3. The van der Waals surface area contributed by atoms with Gasteiger partial charge in [0.15, 0.2) is 0 Å². The summed E-state index contributed by atoms with van der Waals surface area (Å²) in [5.41, 5.74) is 2.36. The molecule has 5 nitrogen and oxygen atoms in total. The minimum Gasteiger partial charge on any atom is -0.346 e. The number of amides is 2. The van der Waals surface area contributed by atoms with Gasteiger partial charge in [-0.05, 0) is 12.8 Å². The molecule has 0 aromatic carbocycles. The minimum atomic E-state index is -4.43. The maximum atomic E-state index is 12.4. The van der Waals surface area contributed by atoms with Gasteiger partial charge in [-0.15, -0.1) is 11.3 Å². The van der Waals surface area contributed by atoms with Crippen LogP contribution in [-0.2, 0) is 4.79 Å². The van der Waals surface area contributed by atoms with Gasteiger partial charge in [0.25, 0.3) is 5.91 Å². The number of aromatic nitrogens is 1. The Morgan fingerprint density at radius 1 is 1.45 bits per heavy atom. The number of hydrogen-bond donors (Lipinski definition) is 1. The van der Waals surface area contributed by atoms with Gasteiger partial charge >= 0.3 is 6.18 Å². The highest BCUT2D eigenvalue weighted by Crippen LogP contribution is 2.41. The molecular formula is C13H14F3N3O2S. The van der Waals surface area contributed by atoms with Gasteiger partial charge in [0.2, 0.25) is 5.91 Å². The summed E-state index contributed by atoms with van der Waals surface area (Å²) in [6.45, 7) is -1.38. The Balaban J connectivity index is 1.60. The number of alkyl halides is 3. The molecule has 120 valence electrons. The van der Waals surface area contributed by atoms with Crippen molar-refractivity contribution in [1.82, 2.24) is 15.2 Å². The summed E-state index contributed by atoms with van der Waals surface area (Å²) in [6.07, 6.45) is -2.51. The van der Waals surface area contributed by atoms with Gasteiger partial charge in [-0.2, -0.15) is 13.2 Å². The number of halogens is 3. The summed E-state index contributed by atoms with van der Waals surface area (Å²) in [5.74, 6) is -0.621. The van der Waals surface area contributed by atoms with Crippen molar-refractivity contribution in [2.45, 2.75) is 37.4 Å². The summed E-state index contributed by atoms with van der Waals surface area (Å²) in [7, 11) is 0. The van der Waals surface area contributed by atoms with E-state index in [0.717, 1.165) is 23.4 Å². The van der Waals surface area contributed by atoms with Crippen LogP contribution in [-0.4, -0.2) is 47.0 Å². The summed E-state index contributed by atoms with van der Waals surface area (Å²) >= 11 is 1.22. The number of hydrogen-bond acceptors (Lipinski definition) is 4. The normalized spacial score (nSPS) is 22.2. The maximum Gasteiger partial charge on any atom is 0.406 e. The lowest BCUT2D eigenvalue weighted by Gasteiger charge is -2.18.